The van der Waals surface area contributed by atoms with Crippen LogP contribution in [0.1, 0.15) is 44.9 Å². The summed E-state index contributed by atoms with van der Waals surface area (Å²) >= 11 is 0. The summed E-state index contributed by atoms with van der Waals surface area (Å²) in [5.41, 5.74) is 5.97. The van der Waals surface area contributed by atoms with Crippen LogP contribution in [-0.2, 0) is 60.5 Å². The van der Waals surface area contributed by atoms with Crippen molar-refractivity contribution in [1.82, 2.24) is 39.3 Å². The number of nitrogens with one attached hydrogen (secondary N) is 8. The van der Waals surface area contributed by atoms with Crippen LogP contribution in [0, 0.1) is 27.7 Å². The van der Waals surface area contributed by atoms with Crippen molar-refractivity contribution in [2.75, 3.05) is 96.1 Å². The molecule has 1 atom stereocenters. The van der Waals surface area contributed by atoms with Gasteiger partial charge in [0.1, 0.15) is 21.3 Å². The summed E-state index contributed by atoms with van der Waals surface area (Å²) in [6.07, 6.45) is 0. The third kappa shape index (κ3) is 16.7. The van der Waals surface area contributed by atoms with Gasteiger partial charge in [0, 0.05) is 106 Å². The standard InChI is InChI=1S/C61H66N16O17S6/c1-34-12-11-13-35(2)54(34)66-38-17-21-42-47(30-38)94-48-31-39(67-55-36(3)16-23-49(37(55)4)95(78,79)64-28-26-62-56-70-58(74-60(72-56)76(5)6)68-45-32-40(97(82,83)84)19-24-51(45)99(88,89)90)18-22-43(48)53(42)44-14-9-10-15-50(44)96(80,81)65-29-27-63-57-71-59(75-61(73-57)77(7)8)69-46-33-41(98(85,86)87)20-25-52(46)100(91,92)93/h9-25,30-33,53,64-67H,26-29H2,1-8H3,(H,82,83,84)(H,85,86,87)(H,88,89,90)(H,91,92,93)(H2,62,68,70,72,74)(H2,63,69,71,73,75). The van der Waals surface area contributed by atoms with Crippen molar-refractivity contribution >= 4 is 130 Å². The fourth-order valence-corrected chi connectivity index (χ4v) is 15.4. The van der Waals surface area contributed by atoms with Crippen LogP contribution in [0.3, 0.4) is 0 Å². The number of sulfonamides is 2. The molecule has 0 aliphatic carbocycles. The molecule has 39 heteroatoms. The molecule has 12 N–H and O–H groups in total. The van der Waals surface area contributed by atoms with Crippen molar-refractivity contribution in [2.45, 2.75) is 63.0 Å². The minimum absolute atomic E-state index is 0.0116. The highest BCUT2D eigenvalue weighted by molar-refractivity contribution is 7.90. The lowest BCUT2D eigenvalue weighted by Crippen LogP contribution is -2.30. The highest BCUT2D eigenvalue weighted by atomic mass is 32.2. The van der Waals surface area contributed by atoms with E-state index in [4.69, 9.17) is 4.74 Å². The molecule has 9 aromatic rings. The molecule has 10 rings (SSSR count). The molecule has 3 heterocycles. The Hall–Kier alpha value is -9.78. The van der Waals surface area contributed by atoms with Crippen LogP contribution in [0.4, 0.5) is 69.8 Å². The summed E-state index contributed by atoms with van der Waals surface area (Å²) in [6.45, 7) is 6.65. The van der Waals surface area contributed by atoms with Gasteiger partial charge in [0.25, 0.3) is 40.5 Å². The number of ether oxygens (including phenoxy) is 1. The van der Waals surface area contributed by atoms with Crippen molar-refractivity contribution < 1.29 is 73.5 Å². The predicted octanol–water partition coefficient (Wildman–Crippen LogP) is 7.45. The molecule has 1 unspecified atom stereocenters. The van der Waals surface area contributed by atoms with Gasteiger partial charge in [-0.2, -0.15) is 63.6 Å². The maximum Gasteiger partial charge on any atom is 0.296 e. The third-order valence-corrected chi connectivity index (χ3v) is 22.0. The first-order chi connectivity index (χ1) is 46.8. The van der Waals surface area contributed by atoms with Gasteiger partial charge in [0.15, 0.2) is 0 Å². The minimum atomic E-state index is -4.96. The Morgan fingerprint density at radius 2 is 0.820 bits per heavy atom. The monoisotopic (exact) mass is 1490 g/mol. The Morgan fingerprint density at radius 3 is 1.27 bits per heavy atom. The molecular weight excluding hydrogens is 1420 g/mol. The van der Waals surface area contributed by atoms with E-state index in [9.17, 15) is 68.7 Å². The molecule has 1 aliphatic rings. The van der Waals surface area contributed by atoms with Crippen LogP contribution in [0.25, 0.3) is 0 Å². The number of nitrogens with zero attached hydrogens (tertiary/aromatic N) is 8. The van der Waals surface area contributed by atoms with E-state index in [2.05, 4.69) is 71.2 Å². The Kier molecular flexibility index (Phi) is 20.8. The topological polar surface area (TPSA) is 475 Å². The van der Waals surface area contributed by atoms with Crippen LogP contribution in [0.2, 0.25) is 0 Å². The van der Waals surface area contributed by atoms with Gasteiger partial charge in [-0.1, -0.05) is 54.6 Å². The van der Waals surface area contributed by atoms with Gasteiger partial charge in [-0.05, 0) is 116 Å². The molecular formula is C61H66N16O17S6. The van der Waals surface area contributed by atoms with Crippen molar-refractivity contribution in [1.29, 1.82) is 0 Å². The molecule has 0 amide bonds. The van der Waals surface area contributed by atoms with Gasteiger partial charge >= 0.3 is 0 Å². The molecule has 0 radical (unpaired) electrons. The molecule has 7 aromatic carbocycles. The molecule has 0 bridgehead atoms. The molecule has 0 spiro atoms. The largest absolute Gasteiger partial charge is 0.457 e. The van der Waals surface area contributed by atoms with Gasteiger partial charge in [-0.25, -0.2) is 26.3 Å². The quantitative estimate of drug-likeness (QED) is 0.0176. The number of benzene rings is 7. The fourth-order valence-electron chi connectivity index (χ4n) is 10.6. The summed E-state index contributed by atoms with van der Waals surface area (Å²) in [6, 6.07) is 30.8. The highest BCUT2D eigenvalue weighted by Crippen LogP contribution is 2.51. The Bertz CT molecular complexity index is 5430. The van der Waals surface area contributed by atoms with Crippen molar-refractivity contribution in [3.05, 3.63) is 166 Å². The first-order valence-corrected chi connectivity index (χ1v) is 38.4. The van der Waals surface area contributed by atoms with Gasteiger partial charge in [0.05, 0.1) is 31.0 Å². The number of hydrogen-bond donors (Lipinski definition) is 12. The van der Waals surface area contributed by atoms with E-state index < -0.39 is 97.4 Å². The number of para-hydroxylation sites is 1. The predicted molar refractivity (Wildman–Crippen MR) is 373 cm³/mol. The lowest BCUT2D eigenvalue weighted by Gasteiger charge is -2.31. The second-order valence-electron chi connectivity index (χ2n) is 22.9. The maximum absolute atomic E-state index is 14.7. The van der Waals surface area contributed by atoms with E-state index in [-0.39, 0.29) is 71.7 Å². The first-order valence-electron chi connectivity index (χ1n) is 29.7. The van der Waals surface area contributed by atoms with Crippen LogP contribution >= 0.6 is 0 Å². The van der Waals surface area contributed by atoms with Crippen LogP contribution in [0.5, 0.6) is 11.5 Å². The van der Waals surface area contributed by atoms with E-state index in [1.54, 1.807) is 84.5 Å². The van der Waals surface area contributed by atoms with E-state index in [1.165, 1.54) is 21.9 Å². The summed E-state index contributed by atoms with van der Waals surface area (Å²) in [5.74, 6) is -0.955. The first kappa shape index (κ1) is 73.0. The van der Waals surface area contributed by atoms with Crippen LogP contribution < -0.4 is 55.9 Å². The van der Waals surface area contributed by atoms with Gasteiger partial charge in [-0.3, -0.25) is 18.2 Å². The number of aryl methyl sites for hydroxylation is 3. The van der Waals surface area contributed by atoms with E-state index >= 15 is 0 Å². The number of aromatic nitrogens is 6. The third-order valence-electron chi connectivity index (χ3n) is 15.3. The van der Waals surface area contributed by atoms with E-state index in [0.717, 1.165) is 53.2 Å². The molecule has 100 heavy (non-hydrogen) atoms. The average molecular weight is 1490 g/mol. The number of rotatable bonds is 27. The lowest BCUT2D eigenvalue weighted by molar-refractivity contribution is 0.452. The average Bonchev–Trinajstić information content (AvgIpc) is 0.743. The number of fused-ring (bicyclic) bond motifs is 2. The second kappa shape index (κ2) is 28.5. The minimum Gasteiger partial charge on any atom is -0.457 e. The van der Waals surface area contributed by atoms with Gasteiger partial charge in [-0.15, -0.1) is 0 Å². The summed E-state index contributed by atoms with van der Waals surface area (Å²) < 4.78 is 206. The highest BCUT2D eigenvalue weighted by Gasteiger charge is 2.34. The second-order valence-corrected chi connectivity index (χ2v) is 32.0. The molecule has 1 aliphatic heterocycles. The van der Waals surface area contributed by atoms with Crippen molar-refractivity contribution in [3.63, 3.8) is 0 Å². The zero-order chi connectivity index (χ0) is 72.6. The number of hydrogen-bond acceptors (Lipinski definition) is 27. The molecule has 2 aromatic heterocycles. The van der Waals surface area contributed by atoms with Crippen LogP contribution in [0.15, 0.2) is 157 Å². The Labute approximate surface area is 576 Å². The van der Waals surface area contributed by atoms with Crippen molar-refractivity contribution in [2.24, 2.45) is 0 Å². The molecule has 0 saturated carbocycles. The smallest absolute Gasteiger partial charge is 0.296 e. The normalized spacial score (nSPS) is 13.3. The molecule has 33 nitrogen and oxygen atoms in total. The van der Waals surface area contributed by atoms with Crippen molar-refractivity contribution in [3.8, 4) is 11.5 Å². The summed E-state index contributed by atoms with van der Waals surface area (Å²) in [4.78, 5) is 25.4. The Balaban J connectivity index is 0.893. The number of anilines is 12. The van der Waals surface area contributed by atoms with E-state index in [0.29, 0.717) is 56.4 Å². The Morgan fingerprint density at radius 1 is 0.400 bits per heavy atom. The maximum atomic E-state index is 14.7. The molecule has 0 fully saturated rings. The van der Waals surface area contributed by atoms with Crippen LogP contribution in [-0.4, -0.2) is 153 Å². The summed E-state index contributed by atoms with van der Waals surface area (Å²) in [5, 5.41) is 17.8. The van der Waals surface area contributed by atoms with E-state index in [1.807, 2.05) is 50.2 Å². The zero-order valence-corrected chi connectivity index (χ0v) is 59.1. The lowest BCUT2D eigenvalue weighted by atomic mass is 9.82. The molecule has 528 valence electrons. The molecule has 0 saturated heterocycles. The summed E-state index contributed by atoms with van der Waals surface area (Å²) in [7, 11) is -21.9. The fraction of sp³-hybridized carbons (Fsp3) is 0.213. The zero-order valence-electron chi connectivity index (χ0n) is 54.2. The van der Waals surface area contributed by atoms with Gasteiger partial charge < -0.3 is 46.4 Å². The van der Waals surface area contributed by atoms with Gasteiger partial charge in [0.2, 0.25) is 55.7 Å². The SMILES string of the molecule is Cc1cccc(C)c1Nc1ccc2c(c1)Oc1cc(Nc3c(C)ccc(S(=O)(=O)NCCNc4nc(Nc5cc(S(=O)(=O)O)ccc5S(=O)(=O)O)nc(N(C)C)n4)c3C)ccc1C2c1ccccc1S(=O)(=O)NCCNc1nc(Nc2cc(S(=O)(=O)O)ccc2S(=O)(=O)O)nc(N(C)C)n1.